The summed E-state index contributed by atoms with van der Waals surface area (Å²) in [6.07, 6.45) is 5.06. The standard InChI is InChI=1S/C22H30N6O2/c1-30-19-8-6-7-18(17-19)23-22(29)28-15-13-27(14-16-28)21-10-9-20(24-25-21)26-11-4-2-3-5-12-26/h6-10,17H,2-5,11-16H2,1H3,(H,23,29). The summed E-state index contributed by atoms with van der Waals surface area (Å²) in [5.41, 5.74) is 0.733. The van der Waals surface area contributed by atoms with Gasteiger partial charge in [0.05, 0.1) is 7.11 Å². The van der Waals surface area contributed by atoms with Gasteiger partial charge in [-0.2, -0.15) is 0 Å². The lowest BCUT2D eigenvalue weighted by Crippen LogP contribution is -2.50. The third-order valence-electron chi connectivity index (χ3n) is 5.78. The smallest absolute Gasteiger partial charge is 0.321 e. The molecule has 2 aromatic rings. The quantitative estimate of drug-likeness (QED) is 0.834. The van der Waals surface area contributed by atoms with Crippen molar-refractivity contribution in [2.24, 2.45) is 0 Å². The lowest BCUT2D eigenvalue weighted by Gasteiger charge is -2.35. The Kier molecular flexibility index (Phi) is 6.51. The molecule has 30 heavy (non-hydrogen) atoms. The highest BCUT2D eigenvalue weighted by molar-refractivity contribution is 5.89. The Labute approximate surface area is 177 Å². The molecule has 2 aliphatic heterocycles. The Morgan fingerprint density at radius 1 is 0.867 bits per heavy atom. The number of anilines is 3. The summed E-state index contributed by atoms with van der Waals surface area (Å²) in [5, 5.41) is 11.9. The van der Waals surface area contributed by atoms with E-state index in [0.29, 0.717) is 13.1 Å². The van der Waals surface area contributed by atoms with Gasteiger partial charge in [-0.05, 0) is 37.1 Å². The minimum Gasteiger partial charge on any atom is -0.497 e. The van der Waals surface area contributed by atoms with Crippen LogP contribution in [0, 0.1) is 0 Å². The van der Waals surface area contributed by atoms with Gasteiger partial charge < -0.3 is 24.8 Å². The maximum atomic E-state index is 12.6. The van der Waals surface area contributed by atoms with Crippen molar-refractivity contribution in [1.82, 2.24) is 15.1 Å². The molecule has 160 valence electrons. The molecule has 4 rings (SSSR count). The zero-order valence-electron chi connectivity index (χ0n) is 17.6. The number of rotatable bonds is 4. The molecule has 1 N–H and O–H groups in total. The normalized spacial score (nSPS) is 17.4. The second-order valence-electron chi connectivity index (χ2n) is 7.79. The molecular weight excluding hydrogens is 380 g/mol. The molecular formula is C22H30N6O2. The highest BCUT2D eigenvalue weighted by Gasteiger charge is 2.22. The van der Waals surface area contributed by atoms with Gasteiger partial charge in [-0.25, -0.2) is 4.79 Å². The van der Waals surface area contributed by atoms with Gasteiger partial charge in [-0.1, -0.05) is 18.9 Å². The minimum atomic E-state index is -0.0921. The predicted molar refractivity (Wildman–Crippen MR) is 119 cm³/mol. The van der Waals surface area contributed by atoms with E-state index >= 15 is 0 Å². The number of nitrogens with one attached hydrogen (secondary N) is 1. The average molecular weight is 411 g/mol. The van der Waals surface area contributed by atoms with Crippen LogP contribution in [0.25, 0.3) is 0 Å². The van der Waals surface area contributed by atoms with Gasteiger partial charge in [0.25, 0.3) is 0 Å². The molecule has 2 fully saturated rings. The number of aromatic nitrogens is 2. The average Bonchev–Trinajstić information content (AvgIpc) is 3.09. The van der Waals surface area contributed by atoms with Gasteiger partial charge >= 0.3 is 6.03 Å². The van der Waals surface area contributed by atoms with Crippen LogP contribution in [0.4, 0.5) is 22.1 Å². The molecule has 0 saturated carbocycles. The van der Waals surface area contributed by atoms with Crippen LogP contribution in [0.1, 0.15) is 25.7 Å². The number of nitrogens with zero attached hydrogens (tertiary/aromatic N) is 5. The van der Waals surface area contributed by atoms with Crippen molar-refractivity contribution >= 4 is 23.4 Å². The van der Waals surface area contributed by atoms with Crippen molar-refractivity contribution in [1.29, 1.82) is 0 Å². The van der Waals surface area contributed by atoms with Crippen molar-refractivity contribution in [3.63, 3.8) is 0 Å². The number of urea groups is 1. The minimum absolute atomic E-state index is 0.0921. The monoisotopic (exact) mass is 410 g/mol. The molecule has 0 aliphatic carbocycles. The molecule has 0 bridgehead atoms. The van der Waals surface area contributed by atoms with E-state index < -0.39 is 0 Å². The first-order chi connectivity index (χ1) is 14.7. The number of carbonyl (C=O) groups excluding carboxylic acids is 1. The van der Waals surface area contributed by atoms with E-state index in [-0.39, 0.29) is 6.03 Å². The molecule has 1 aromatic heterocycles. The second-order valence-corrected chi connectivity index (χ2v) is 7.79. The van der Waals surface area contributed by atoms with Crippen LogP contribution in [0.3, 0.4) is 0 Å². The molecule has 3 heterocycles. The molecule has 0 radical (unpaired) electrons. The van der Waals surface area contributed by atoms with Gasteiger partial charge in [0, 0.05) is 51.0 Å². The first-order valence-corrected chi connectivity index (χ1v) is 10.8. The van der Waals surface area contributed by atoms with Gasteiger partial charge in [0.15, 0.2) is 11.6 Å². The number of carbonyl (C=O) groups is 1. The van der Waals surface area contributed by atoms with Crippen molar-refractivity contribution in [3.8, 4) is 5.75 Å². The van der Waals surface area contributed by atoms with Crippen LogP contribution in [0.15, 0.2) is 36.4 Å². The van der Waals surface area contributed by atoms with Crippen molar-refractivity contribution in [2.75, 3.05) is 61.5 Å². The lowest BCUT2D eigenvalue weighted by atomic mass is 10.2. The molecule has 0 atom stereocenters. The Hall–Kier alpha value is -3.03. The fourth-order valence-electron chi connectivity index (χ4n) is 4.00. The fourth-order valence-corrected chi connectivity index (χ4v) is 4.00. The van der Waals surface area contributed by atoms with Crippen LogP contribution in [0.2, 0.25) is 0 Å². The first-order valence-electron chi connectivity index (χ1n) is 10.8. The van der Waals surface area contributed by atoms with E-state index in [2.05, 4.69) is 37.4 Å². The van der Waals surface area contributed by atoms with E-state index in [1.807, 2.05) is 29.2 Å². The summed E-state index contributed by atoms with van der Waals surface area (Å²) >= 11 is 0. The summed E-state index contributed by atoms with van der Waals surface area (Å²) in [6.45, 7) is 4.90. The molecule has 0 spiro atoms. The maximum absolute atomic E-state index is 12.6. The van der Waals surface area contributed by atoms with E-state index in [9.17, 15) is 4.79 Å². The Morgan fingerprint density at radius 3 is 2.10 bits per heavy atom. The van der Waals surface area contributed by atoms with Gasteiger partial charge in [-0.15, -0.1) is 10.2 Å². The number of benzene rings is 1. The van der Waals surface area contributed by atoms with Crippen LogP contribution in [-0.2, 0) is 0 Å². The first kappa shape index (κ1) is 20.3. The summed E-state index contributed by atoms with van der Waals surface area (Å²) in [5.74, 6) is 2.57. The van der Waals surface area contributed by atoms with Gasteiger partial charge in [0.1, 0.15) is 5.75 Å². The summed E-state index contributed by atoms with van der Waals surface area (Å²) in [4.78, 5) is 18.9. The van der Waals surface area contributed by atoms with E-state index in [0.717, 1.165) is 49.3 Å². The Bertz CT molecular complexity index is 828. The predicted octanol–water partition coefficient (Wildman–Crippen LogP) is 3.22. The third-order valence-corrected chi connectivity index (χ3v) is 5.78. The van der Waals surface area contributed by atoms with E-state index in [1.165, 1.54) is 25.7 Å². The number of amides is 2. The summed E-state index contributed by atoms with van der Waals surface area (Å²) < 4.78 is 5.21. The van der Waals surface area contributed by atoms with Crippen molar-refractivity contribution in [3.05, 3.63) is 36.4 Å². The fraction of sp³-hybridized carbons (Fsp3) is 0.500. The van der Waals surface area contributed by atoms with Gasteiger partial charge in [-0.3, -0.25) is 0 Å². The highest BCUT2D eigenvalue weighted by atomic mass is 16.5. The third kappa shape index (κ3) is 4.93. The maximum Gasteiger partial charge on any atom is 0.321 e. The summed E-state index contributed by atoms with van der Waals surface area (Å²) in [6, 6.07) is 11.4. The van der Waals surface area contributed by atoms with E-state index in [1.54, 1.807) is 7.11 Å². The largest absolute Gasteiger partial charge is 0.497 e. The molecule has 2 amide bonds. The molecule has 2 saturated heterocycles. The Balaban J connectivity index is 1.30. The zero-order valence-corrected chi connectivity index (χ0v) is 17.6. The second kappa shape index (κ2) is 9.65. The zero-order chi connectivity index (χ0) is 20.8. The summed E-state index contributed by atoms with van der Waals surface area (Å²) in [7, 11) is 1.61. The molecule has 8 heteroatoms. The highest BCUT2D eigenvalue weighted by Crippen LogP contribution is 2.21. The van der Waals surface area contributed by atoms with Crippen LogP contribution < -0.4 is 19.9 Å². The number of methoxy groups -OCH3 is 1. The van der Waals surface area contributed by atoms with Crippen molar-refractivity contribution in [2.45, 2.75) is 25.7 Å². The SMILES string of the molecule is COc1cccc(NC(=O)N2CCN(c3ccc(N4CCCCCC4)nn3)CC2)c1. The molecule has 2 aliphatic rings. The Morgan fingerprint density at radius 2 is 1.50 bits per heavy atom. The van der Waals surface area contributed by atoms with Gasteiger partial charge in [0.2, 0.25) is 0 Å². The molecule has 8 nitrogen and oxygen atoms in total. The van der Waals surface area contributed by atoms with Crippen LogP contribution >= 0.6 is 0 Å². The molecule has 1 aromatic carbocycles. The number of ether oxygens (including phenoxy) is 1. The number of hydrogen-bond acceptors (Lipinski definition) is 6. The van der Waals surface area contributed by atoms with E-state index in [4.69, 9.17) is 4.74 Å². The van der Waals surface area contributed by atoms with Crippen LogP contribution in [-0.4, -0.2) is 67.5 Å². The molecule has 0 unspecified atom stereocenters. The lowest BCUT2D eigenvalue weighted by molar-refractivity contribution is 0.208. The van der Waals surface area contributed by atoms with Crippen LogP contribution in [0.5, 0.6) is 5.75 Å². The van der Waals surface area contributed by atoms with Crippen molar-refractivity contribution < 1.29 is 9.53 Å². The number of hydrogen-bond donors (Lipinski definition) is 1. The topological polar surface area (TPSA) is 73.8 Å². The number of piperazine rings is 1.